The lowest BCUT2D eigenvalue weighted by Gasteiger charge is -2.37. The lowest BCUT2D eigenvalue weighted by Crippen LogP contribution is -2.38. The first-order valence-electron chi connectivity index (χ1n) is 12.8. The van der Waals surface area contributed by atoms with Crippen molar-refractivity contribution < 1.29 is 23.5 Å². The van der Waals surface area contributed by atoms with Gasteiger partial charge >= 0.3 is 5.97 Å². The van der Waals surface area contributed by atoms with E-state index in [1.807, 2.05) is 64.9 Å². The van der Waals surface area contributed by atoms with Crippen LogP contribution in [0.4, 0.5) is 4.39 Å². The average Bonchev–Trinajstić information content (AvgIpc) is 3.38. The molecule has 40 heavy (non-hydrogen) atoms. The smallest absolute Gasteiger partial charge is 0.338 e. The summed E-state index contributed by atoms with van der Waals surface area (Å²) in [7, 11) is 1.58. The molecule has 1 atom stereocenters. The number of nitrogens with zero attached hydrogens (tertiary/aromatic N) is 2. The molecule has 0 unspecified atom stereocenters. The number of amides is 1. The summed E-state index contributed by atoms with van der Waals surface area (Å²) >= 11 is 1.39. The number of carbonyl (C=O) groups excluding carboxylic acids is 2. The van der Waals surface area contributed by atoms with E-state index in [4.69, 9.17) is 14.5 Å². The highest BCUT2D eigenvalue weighted by Crippen LogP contribution is 2.48. The maximum Gasteiger partial charge on any atom is 0.338 e. The number of methoxy groups -OCH3 is 1. The summed E-state index contributed by atoms with van der Waals surface area (Å²) in [4.78, 5) is 33.5. The zero-order chi connectivity index (χ0) is 28.1. The number of rotatable bonds is 9. The summed E-state index contributed by atoms with van der Waals surface area (Å²) < 4.78 is 24.5. The number of benzene rings is 3. The highest BCUT2D eigenvalue weighted by atomic mass is 32.2. The van der Waals surface area contributed by atoms with Gasteiger partial charge in [0.15, 0.2) is 5.17 Å². The fourth-order valence-corrected chi connectivity index (χ4v) is 5.62. The quantitative estimate of drug-likeness (QED) is 0.334. The number of hydrogen-bond acceptors (Lipinski definition) is 7. The molecule has 1 amide bonds. The SMILES string of the molecule is CCOC(=O)C1=C(c2ccccc2)N=C2SC=C(CC(=O)NCc3ccc(F)cc3)N2[C@@H]1c1ccccc1OC. The van der Waals surface area contributed by atoms with Gasteiger partial charge in [-0.2, -0.15) is 0 Å². The van der Waals surface area contributed by atoms with Crippen molar-refractivity contribution in [2.45, 2.75) is 25.9 Å². The Morgan fingerprint density at radius 1 is 1.02 bits per heavy atom. The Kier molecular flexibility index (Phi) is 8.31. The van der Waals surface area contributed by atoms with Gasteiger partial charge in [-0.3, -0.25) is 4.79 Å². The number of para-hydroxylation sites is 1. The third kappa shape index (κ3) is 5.65. The number of thioether (sulfide) groups is 1. The van der Waals surface area contributed by atoms with Crippen molar-refractivity contribution in [3.05, 3.63) is 118 Å². The van der Waals surface area contributed by atoms with Gasteiger partial charge in [-0.05, 0) is 36.1 Å². The molecule has 1 N–H and O–H groups in total. The highest BCUT2D eigenvalue weighted by Gasteiger charge is 2.43. The highest BCUT2D eigenvalue weighted by molar-refractivity contribution is 8.16. The molecule has 5 rings (SSSR count). The molecule has 0 aromatic heterocycles. The summed E-state index contributed by atoms with van der Waals surface area (Å²) in [5, 5.41) is 5.43. The molecule has 3 aromatic carbocycles. The van der Waals surface area contributed by atoms with Crippen molar-refractivity contribution in [3.63, 3.8) is 0 Å². The zero-order valence-corrected chi connectivity index (χ0v) is 22.9. The second kappa shape index (κ2) is 12.2. The van der Waals surface area contributed by atoms with Crippen LogP contribution < -0.4 is 10.1 Å². The Bertz CT molecular complexity index is 1500. The molecule has 204 valence electrons. The van der Waals surface area contributed by atoms with Gasteiger partial charge in [0.1, 0.15) is 11.6 Å². The molecule has 0 saturated heterocycles. The third-order valence-corrected chi connectivity index (χ3v) is 7.42. The van der Waals surface area contributed by atoms with Gasteiger partial charge in [0.05, 0.1) is 37.4 Å². The number of esters is 1. The first kappa shape index (κ1) is 27.2. The Morgan fingerprint density at radius 3 is 2.48 bits per heavy atom. The van der Waals surface area contributed by atoms with E-state index in [1.54, 1.807) is 26.2 Å². The molecule has 0 saturated carbocycles. The molecular weight excluding hydrogens is 529 g/mol. The Labute approximate surface area is 236 Å². The summed E-state index contributed by atoms with van der Waals surface area (Å²) in [6.07, 6.45) is 0.0512. The van der Waals surface area contributed by atoms with Crippen LogP contribution in [0.3, 0.4) is 0 Å². The minimum absolute atomic E-state index is 0.0512. The molecule has 2 heterocycles. The molecule has 0 fully saturated rings. The van der Waals surface area contributed by atoms with Crippen LogP contribution >= 0.6 is 11.8 Å². The molecule has 7 nitrogen and oxygen atoms in total. The van der Waals surface area contributed by atoms with Crippen LogP contribution in [-0.2, 0) is 20.9 Å². The normalized spacial score (nSPS) is 16.2. The van der Waals surface area contributed by atoms with Crippen LogP contribution in [-0.4, -0.2) is 35.7 Å². The number of ether oxygens (including phenoxy) is 2. The van der Waals surface area contributed by atoms with Gasteiger partial charge in [-0.1, -0.05) is 72.4 Å². The first-order chi connectivity index (χ1) is 19.5. The third-order valence-electron chi connectivity index (χ3n) is 6.53. The van der Waals surface area contributed by atoms with Crippen molar-refractivity contribution in [2.24, 2.45) is 4.99 Å². The van der Waals surface area contributed by atoms with Crippen LogP contribution in [0.1, 0.15) is 36.1 Å². The van der Waals surface area contributed by atoms with Crippen LogP contribution in [0.25, 0.3) is 5.70 Å². The monoisotopic (exact) mass is 557 g/mol. The molecule has 0 aliphatic carbocycles. The topological polar surface area (TPSA) is 80.2 Å². The number of aliphatic imine (C=N–C) groups is 1. The average molecular weight is 558 g/mol. The molecule has 0 radical (unpaired) electrons. The van der Waals surface area contributed by atoms with E-state index in [0.717, 1.165) is 16.7 Å². The van der Waals surface area contributed by atoms with Crippen LogP contribution in [0.2, 0.25) is 0 Å². The minimum Gasteiger partial charge on any atom is -0.496 e. The lowest BCUT2D eigenvalue weighted by molar-refractivity contribution is -0.139. The Morgan fingerprint density at radius 2 is 1.75 bits per heavy atom. The molecule has 9 heteroatoms. The van der Waals surface area contributed by atoms with Gasteiger partial charge in [-0.15, -0.1) is 0 Å². The molecule has 2 aliphatic rings. The van der Waals surface area contributed by atoms with E-state index >= 15 is 0 Å². The van der Waals surface area contributed by atoms with Gasteiger partial charge < -0.3 is 19.7 Å². The van der Waals surface area contributed by atoms with Gasteiger partial charge in [0.2, 0.25) is 5.91 Å². The van der Waals surface area contributed by atoms with Crippen molar-refractivity contribution >= 4 is 34.5 Å². The summed E-state index contributed by atoms with van der Waals surface area (Å²) in [6.45, 7) is 2.23. The maximum atomic E-state index is 13.6. The molecule has 0 bridgehead atoms. The van der Waals surface area contributed by atoms with E-state index in [9.17, 15) is 14.0 Å². The number of halogens is 1. The molecule has 0 spiro atoms. The van der Waals surface area contributed by atoms with Gasteiger partial charge in [-0.25, -0.2) is 14.2 Å². The van der Waals surface area contributed by atoms with Crippen molar-refractivity contribution in [1.82, 2.24) is 10.2 Å². The van der Waals surface area contributed by atoms with E-state index in [-0.39, 0.29) is 31.3 Å². The van der Waals surface area contributed by atoms with Crippen molar-refractivity contribution in [2.75, 3.05) is 13.7 Å². The lowest BCUT2D eigenvalue weighted by atomic mass is 9.91. The van der Waals surface area contributed by atoms with E-state index in [2.05, 4.69) is 5.32 Å². The standard InChI is InChI=1S/C31H28FN3O4S/c1-3-39-30(37)27-28(21-9-5-4-6-10-21)34-31-35(29(27)24-11-7-8-12-25(24)38-2)23(19-40-31)17-26(36)33-18-20-13-15-22(32)16-14-20/h4-16,19,29H,3,17-18H2,1-2H3,(H,33,36)/t29-/m1/s1. The van der Waals surface area contributed by atoms with Gasteiger partial charge in [0, 0.05) is 23.4 Å². The number of nitrogens with one attached hydrogen (secondary N) is 1. The second-order valence-corrected chi connectivity index (χ2v) is 9.90. The zero-order valence-electron chi connectivity index (χ0n) is 22.1. The fraction of sp³-hybridized carbons (Fsp3) is 0.194. The second-order valence-electron chi connectivity index (χ2n) is 9.06. The maximum absolute atomic E-state index is 13.6. The largest absolute Gasteiger partial charge is 0.496 e. The van der Waals surface area contributed by atoms with E-state index in [1.165, 1.54) is 23.9 Å². The van der Waals surface area contributed by atoms with Crippen LogP contribution in [0.5, 0.6) is 5.75 Å². The molecular formula is C31H28FN3O4S. The van der Waals surface area contributed by atoms with Gasteiger partial charge in [0.25, 0.3) is 0 Å². The number of fused-ring (bicyclic) bond motifs is 1. The number of amidine groups is 1. The van der Waals surface area contributed by atoms with Crippen LogP contribution in [0, 0.1) is 5.82 Å². The predicted molar refractivity (Wildman–Crippen MR) is 154 cm³/mol. The van der Waals surface area contributed by atoms with Crippen molar-refractivity contribution in [3.8, 4) is 5.75 Å². The summed E-state index contributed by atoms with van der Waals surface area (Å²) in [5.41, 5.74) is 3.88. The number of carbonyl (C=O) groups is 2. The number of hydrogen-bond donors (Lipinski definition) is 1. The first-order valence-corrected chi connectivity index (χ1v) is 13.7. The van der Waals surface area contributed by atoms with Crippen molar-refractivity contribution in [1.29, 1.82) is 0 Å². The summed E-state index contributed by atoms with van der Waals surface area (Å²) in [5.74, 6) is -0.438. The van der Waals surface area contributed by atoms with Crippen LogP contribution in [0.15, 0.2) is 101 Å². The summed E-state index contributed by atoms with van der Waals surface area (Å²) in [6, 6.07) is 22.3. The Hall–Kier alpha value is -4.37. The van der Waals surface area contributed by atoms with E-state index < -0.39 is 12.0 Å². The predicted octanol–water partition coefficient (Wildman–Crippen LogP) is 5.82. The minimum atomic E-state index is -0.649. The fourth-order valence-electron chi connectivity index (χ4n) is 4.70. The van der Waals surface area contributed by atoms with E-state index in [0.29, 0.717) is 27.9 Å². The Balaban J connectivity index is 1.53. The molecule has 3 aromatic rings. The molecule has 2 aliphatic heterocycles.